The van der Waals surface area contributed by atoms with Crippen LogP contribution in [-0.4, -0.2) is 38.1 Å². The van der Waals surface area contributed by atoms with Crippen LogP contribution in [-0.2, 0) is 0 Å². The smallest absolute Gasteiger partial charge is 0.190 e. The van der Waals surface area contributed by atoms with E-state index in [2.05, 4.69) is 46.3 Å². The second-order valence-corrected chi connectivity index (χ2v) is 6.11. The predicted octanol–water partition coefficient (Wildman–Crippen LogP) is 2.77. The molecule has 0 bridgehead atoms. The lowest BCUT2D eigenvalue weighted by atomic mass is 10.1. The van der Waals surface area contributed by atoms with Crippen molar-refractivity contribution in [3.8, 4) is 0 Å². The van der Waals surface area contributed by atoms with Crippen molar-refractivity contribution in [3.05, 3.63) is 22.4 Å². The summed E-state index contributed by atoms with van der Waals surface area (Å²) < 4.78 is 0. The van der Waals surface area contributed by atoms with Gasteiger partial charge < -0.3 is 10.6 Å². The summed E-state index contributed by atoms with van der Waals surface area (Å²) in [6.45, 7) is 4.14. The third kappa shape index (κ3) is 5.78. The third-order valence-corrected chi connectivity index (χ3v) is 4.45. The fraction of sp³-hybridized carbons (Fsp3) is 0.615. The van der Waals surface area contributed by atoms with Gasteiger partial charge in [-0.15, -0.1) is 11.3 Å². The summed E-state index contributed by atoms with van der Waals surface area (Å²) in [6.07, 6.45) is 3.30. The van der Waals surface area contributed by atoms with Gasteiger partial charge in [-0.2, -0.15) is 11.8 Å². The summed E-state index contributed by atoms with van der Waals surface area (Å²) in [5, 5.41) is 8.83. The molecule has 0 saturated heterocycles. The van der Waals surface area contributed by atoms with E-state index in [0.717, 1.165) is 19.0 Å². The van der Waals surface area contributed by atoms with Crippen LogP contribution in [0.5, 0.6) is 0 Å². The highest BCUT2D eigenvalue weighted by Gasteiger charge is 2.06. The van der Waals surface area contributed by atoms with Gasteiger partial charge in [0.2, 0.25) is 0 Å². The molecule has 0 saturated carbocycles. The minimum Gasteiger partial charge on any atom is -0.356 e. The second-order valence-electron chi connectivity index (χ2n) is 4.14. The predicted molar refractivity (Wildman–Crippen MR) is 85.1 cm³/mol. The van der Waals surface area contributed by atoms with Crippen molar-refractivity contribution in [1.29, 1.82) is 0 Å². The molecule has 1 heterocycles. The Bertz CT molecular complexity index is 336. The van der Waals surface area contributed by atoms with Crippen LogP contribution in [0.1, 0.15) is 24.1 Å². The molecule has 1 rings (SSSR count). The quantitative estimate of drug-likeness (QED) is 0.459. The Morgan fingerprint density at radius 3 is 2.94 bits per heavy atom. The van der Waals surface area contributed by atoms with Crippen molar-refractivity contribution >= 4 is 29.1 Å². The van der Waals surface area contributed by atoms with Crippen LogP contribution >= 0.6 is 23.1 Å². The van der Waals surface area contributed by atoms with Gasteiger partial charge in [0.1, 0.15) is 0 Å². The van der Waals surface area contributed by atoms with Crippen molar-refractivity contribution in [1.82, 2.24) is 10.6 Å². The Labute approximate surface area is 118 Å². The van der Waals surface area contributed by atoms with E-state index in [1.54, 1.807) is 0 Å². The minimum absolute atomic E-state index is 0.523. The molecule has 1 aromatic heterocycles. The van der Waals surface area contributed by atoms with Crippen LogP contribution in [0.25, 0.3) is 0 Å². The highest BCUT2D eigenvalue weighted by molar-refractivity contribution is 7.98. The summed E-state index contributed by atoms with van der Waals surface area (Å²) in [6, 6.07) is 4.29. The average Bonchev–Trinajstić information content (AvgIpc) is 2.91. The molecule has 0 spiro atoms. The number of thiophene rings is 1. The first-order valence-electron chi connectivity index (χ1n) is 6.24. The van der Waals surface area contributed by atoms with E-state index in [4.69, 9.17) is 0 Å². The number of hydrogen-bond donors (Lipinski definition) is 2. The van der Waals surface area contributed by atoms with Crippen molar-refractivity contribution in [2.45, 2.75) is 19.3 Å². The molecule has 0 amide bonds. The summed E-state index contributed by atoms with van der Waals surface area (Å²) >= 11 is 3.69. The summed E-state index contributed by atoms with van der Waals surface area (Å²) in [5.74, 6) is 2.62. The number of aliphatic imine (C=N–C) groups is 1. The van der Waals surface area contributed by atoms with Gasteiger partial charge in [0.05, 0.1) is 0 Å². The van der Waals surface area contributed by atoms with Gasteiger partial charge in [0.25, 0.3) is 0 Å². The molecule has 18 heavy (non-hydrogen) atoms. The van der Waals surface area contributed by atoms with Crippen LogP contribution in [0.3, 0.4) is 0 Å². The van der Waals surface area contributed by atoms with Crippen LogP contribution in [0.15, 0.2) is 22.5 Å². The van der Waals surface area contributed by atoms with Gasteiger partial charge in [-0.05, 0) is 29.9 Å². The zero-order valence-electron chi connectivity index (χ0n) is 11.4. The molecule has 1 unspecified atom stereocenters. The number of nitrogens with one attached hydrogen (secondary N) is 2. The van der Waals surface area contributed by atoms with Crippen LogP contribution in [0.4, 0.5) is 0 Å². The Morgan fingerprint density at radius 1 is 1.50 bits per heavy atom. The molecule has 0 aromatic carbocycles. The van der Waals surface area contributed by atoms with Gasteiger partial charge in [-0.1, -0.05) is 13.0 Å². The number of guanidine groups is 1. The Kier molecular flexibility index (Phi) is 7.93. The van der Waals surface area contributed by atoms with Crippen LogP contribution < -0.4 is 10.6 Å². The number of hydrogen-bond acceptors (Lipinski definition) is 3. The molecule has 0 aliphatic rings. The molecule has 0 fully saturated rings. The standard InChI is InChI=1S/C13H23N3S2/c1-11(12-6-4-9-18-12)10-16-13(14-2)15-7-5-8-17-3/h4,6,9,11H,5,7-8,10H2,1-3H3,(H2,14,15,16). The van der Waals surface area contributed by atoms with E-state index in [1.807, 2.05) is 30.1 Å². The van der Waals surface area contributed by atoms with E-state index in [-0.39, 0.29) is 0 Å². The first-order valence-corrected chi connectivity index (χ1v) is 8.52. The summed E-state index contributed by atoms with van der Waals surface area (Å²) in [5.41, 5.74) is 0. The van der Waals surface area contributed by atoms with Crippen molar-refractivity contribution < 1.29 is 0 Å². The van der Waals surface area contributed by atoms with E-state index >= 15 is 0 Å². The van der Waals surface area contributed by atoms with Gasteiger partial charge in [0, 0.05) is 30.9 Å². The molecule has 0 aliphatic heterocycles. The van der Waals surface area contributed by atoms with Gasteiger partial charge in [0.15, 0.2) is 5.96 Å². The van der Waals surface area contributed by atoms with Crippen molar-refractivity contribution in [2.75, 3.05) is 32.1 Å². The fourth-order valence-corrected chi connectivity index (χ4v) is 2.79. The monoisotopic (exact) mass is 285 g/mol. The molecule has 5 heteroatoms. The molecular formula is C13H23N3S2. The maximum absolute atomic E-state index is 4.23. The lowest BCUT2D eigenvalue weighted by molar-refractivity contribution is 0.705. The van der Waals surface area contributed by atoms with E-state index in [1.165, 1.54) is 17.1 Å². The van der Waals surface area contributed by atoms with E-state index in [9.17, 15) is 0 Å². The van der Waals surface area contributed by atoms with Crippen LogP contribution in [0.2, 0.25) is 0 Å². The molecule has 102 valence electrons. The Hall–Kier alpha value is -0.680. The third-order valence-electron chi connectivity index (χ3n) is 2.65. The molecule has 1 atom stereocenters. The molecule has 3 nitrogen and oxygen atoms in total. The highest BCUT2D eigenvalue weighted by Crippen LogP contribution is 2.19. The molecule has 0 radical (unpaired) electrons. The van der Waals surface area contributed by atoms with Crippen molar-refractivity contribution in [3.63, 3.8) is 0 Å². The normalized spacial score (nSPS) is 13.4. The fourth-order valence-electron chi connectivity index (χ4n) is 1.57. The summed E-state index contributed by atoms with van der Waals surface area (Å²) in [4.78, 5) is 5.65. The average molecular weight is 285 g/mol. The van der Waals surface area contributed by atoms with Gasteiger partial charge in [-0.3, -0.25) is 4.99 Å². The SMILES string of the molecule is CN=C(NCCCSC)NCC(C)c1cccs1. The number of thioether (sulfide) groups is 1. The van der Waals surface area contributed by atoms with Crippen molar-refractivity contribution in [2.24, 2.45) is 4.99 Å². The Morgan fingerprint density at radius 2 is 2.33 bits per heavy atom. The lowest BCUT2D eigenvalue weighted by Crippen LogP contribution is -2.39. The Balaban J connectivity index is 2.23. The number of rotatable bonds is 7. The maximum atomic E-state index is 4.23. The van der Waals surface area contributed by atoms with Gasteiger partial charge in [-0.25, -0.2) is 0 Å². The molecule has 1 aromatic rings. The topological polar surface area (TPSA) is 36.4 Å². The van der Waals surface area contributed by atoms with E-state index in [0.29, 0.717) is 5.92 Å². The van der Waals surface area contributed by atoms with E-state index < -0.39 is 0 Å². The second kappa shape index (κ2) is 9.28. The zero-order valence-corrected chi connectivity index (χ0v) is 13.0. The number of nitrogens with zero attached hydrogens (tertiary/aromatic N) is 1. The largest absolute Gasteiger partial charge is 0.356 e. The lowest BCUT2D eigenvalue weighted by Gasteiger charge is -2.15. The van der Waals surface area contributed by atoms with Gasteiger partial charge >= 0.3 is 0 Å². The molecule has 0 aliphatic carbocycles. The zero-order chi connectivity index (χ0) is 13.2. The maximum Gasteiger partial charge on any atom is 0.190 e. The molecule has 2 N–H and O–H groups in total. The highest BCUT2D eigenvalue weighted by atomic mass is 32.2. The summed E-state index contributed by atoms with van der Waals surface area (Å²) in [7, 11) is 1.82. The molecular weight excluding hydrogens is 262 g/mol. The van der Waals surface area contributed by atoms with Crippen LogP contribution in [0, 0.1) is 0 Å². The first kappa shape index (κ1) is 15.4. The first-order chi connectivity index (χ1) is 8.77. The minimum atomic E-state index is 0.523.